The van der Waals surface area contributed by atoms with Crippen LogP contribution >= 0.6 is 0 Å². The highest BCUT2D eigenvalue weighted by Crippen LogP contribution is 2.13. The Kier molecular flexibility index (Phi) is 2.76. The number of aromatic nitrogens is 4. The van der Waals surface area contributed by atoms with Crippen LogP contribution in [0.5, 0.6) is 0 Å². The van der Waals surface area contributed by atoms with E-state index in [1.807, 2.05) is 12.1 Å². The van der Waals surface area contributed by atoms with Crippen LogP contribution in [0.25, 0.3) is 11.4 Å². The Morgan fingerprint density at radius 1 is 1.50 bits per heavy atom. The molecule has 0 spiro atoms. The van der Waals surface area contributed by atoms with Crippen LogP contribution in [-0.2, 0) is 0 Å². The van der Waals surface area contributed by atoms with Gasteiger partial charge in [0, 0.05) is 24.4 Å². The minimum absolute atomic E-state index is 0.0554. The van der Waals surface area contributed by atoms with Gasteiger partial charge in [0.25, 0.3) is 0 Å². The molecule has 5 nitrogen and oxygen atoms in total. The van der Waals surface area contributed by atoms with Crippen LogP contribution in [0.3, 0.4) is 0 Å². The predicted octanol–water partition coefficient (Wildman–Crippen LogP) is 1.70. The van der Waals surface area contributed by atoms with Gasteiger partial charge in [-0.25, -0.2) is 4.98 Å². The fourth-order valence-electron chi connectivity index (χ4n) is 1.39. The Bertz CT molecular complexity index is 504. The van der Waals surface area contributed by atoms with Crippen molar-refractivity contribution in [1.82, 2.24) is 19.7 Å². The molecule has 0 saturated heterocycles. The van der Waals surface area contributed by atoms with Crippen molar-refractivity contribution in [3.63, 3.8) is 0 Å². The van der Waals surface area contributed by atoms with Crippen LogP contribution in [0.2, 0.25) is 0 Å². The van der Waals surface area contributed by atoms with E-state index in [0.29, 0.717) is 18.1 Å². The van der Waals surface area contributed by atoms with Gasteiger partial charge in [-0.1, -0.05) is 6.92 Å². The van der Waals surface area contributed by atoms with Crippen molar-refractivity contribution in [2.45, 2.75) is 20.3 Å². The first kappa shape index (κ1) is 10.5. The highest BCUT2D eigenvalue weighted by atomic mass is 16.2. The van der Waals surface area contributed by atoms with E-state index in [1.54, 1.807) is 26.2 Å². The van der Waals surface area contributed by atoms with E-state index in [9.17, 15) is 4.79 Å². The molecule has 0 atom stereocenters. The third-order valence-electron chi connectivity index (χ3n) is 2.23. The Morgan fingerprint density at radius 3 is 2.94 bits per heavy atom. The van der Waals surface area contributed by atoms with Crippen LogP contribution in [0.15, 0.2) is 24.5 Å². The van der Waals surface area contributed by atoms with Gasteiger partial charge >= 0.3 is 0 Å². The van der Waals surface area contributed by atoms with E-state index in [2.05, 4.69) is 15.1 Å². The Labute approximate surface area is 93.2 Å². The SMILES string of the molecule is CCC(=O)n1nc(-c2cccnc2)nc1C. The summed E-state index contributed by atoms with van der Waals surface area (Å²) in [5, 5.41) is 4.17. The number of rotatable bonds is 2. The lowest BCUT2D eigenvalue weighted by atomic mass is 10.3. The molecule has 2 heterocycles. The van der Waals surface area contributed by atoms with Crippen molar-refractivity contribution in [3.8, 4) is 11.4 Å². The van der Waals surface area contributed by atoms with Gasteiger partial charge in [-0.05, 0) is 19.1 Å². The predicted molar refractivity (Wildman–Crippen MR) is 58.9 cm³/mol. The molecule has 16 heavy (non-hydrogen) atoms. The van der Waals surface area contributed by atoms with Crippen molar-refractivity contribution >= 4 is 5.91 Å². The first-order valence-corrected chi connectivity index (χ1v) is 5.09. The number of pyridine rings is 1. The summed E-state index contributed by atoms with van der Waals surface area (Å²) < 4.78 is 1.34. The van der Waals surface area contributed by atoms with E-state index >= 15 is 0 Å². The monoisotopic (exact) mass is 216 g/mol. The second kappa shape index (κ2) is 4.22. The van der Waals surface area contributed by atoms with Gasteiger partial charge in [-0.15, -0.1) is 5.10 Å². The fraction of sp³-hybridized carbons (Fsp3) is 0.273. The molecule has 0 amide bonds. The molecule has 0 N–H and O–H groups in total. The molecule has 5 heteroatoms. The first-order chi connectivity index (χ1) is 7.72. The van der Waals surface area contributed by atoms with Crippen LogP contribution in [0.4, 0.5) is 0 Å². The number of carbonyl (C=O) groups is 1. The summed E-state index contributed by atoms with van der Waals surface area (Å²) in [6.45, 7) is 3.56. The molecule has 0 saturated carbocycles. The number of nitrogens with zero attached hydrogens (tertiary/aromatic N) is 4. The maximum Gasteiger partial charge on any atom is 0.248 e. The van der Waals surface area contributed by atoms with Crippen molar-refractivity contribution in [2.24, 2.45) is 0 Å². The summed E-state index contributed by atoms with van der Waals surface area (Å²) >= 11 is 0. The van der Waals surface area contributed by atoms with Gasteiger partial charge < -0.3 is 0 Å². The Hall–Kier alpha value is -2.04. The summed E-state index contributed by atoms with van der Waals surface area (Å²) in [5.74, 6) is 1.08. The summed E-state index contributed by atoms with van der Waals surface area (Å²) in [7, 11) is 0. The topological polar surface area (TPSA) is 60.7 Å². The number of carbonyl (C=O) groups excluding carboxylic acids is 1. The molecule has 0 unspecified atom stereocenters. The molecule has 2 aromatic heterocycles. The average molecular weight is 216 g/mol. The van der Waals surface area contributed by atoms with E-state index in [-0.39, 0.29) is 5.91 Å². The van der Waals surface area contributed by atoms with Crippen LogP contribution in [-0.4, -0.2) is 25.7 Å². The van der Waals surface area contributed by atoms with Gasteiger partial charge in [0.05, 0.1) is 0 Å². The van der Waals surface area contributed by atoms with E-state index in [4.69, 9.17) is 0 Å². The lowest BCUT2D eigenvalue weighted by Crippen LogP contribution is -2.12. The van der Waals surface area contributed by atoms with Crippen molar-refractivity contribution in [1.29, 1.82) is 0 Å². The normalized spacial score (nSPS) is 10.4. The van der Waals surface area contributed by atoms with Crippen LogP contribution in [0.1, 0.15) is 24.0 Å². The molecule has 0 aliphatic carbocycles. The Balaban J connectivity index is 2.42. The maximum atomic E-state index is 11.5. The number of hydrogen-bond donors (Lipinski definition) is 0. The van der Waals surface area contributed by atoms with E-state index in [1.165, 1.54) is 4.68 Å². The van der Waals surface area contributed by atoms with Crippen molar-refractivity contribution < 1.29 is 4.79 Å². The second-order valence-corrected chi connectivity index (χ2v) is 3.38. The molecule has 2 rings (SSSR count). The molecular formula is C11H12N4O. The summed E-state index contributed by atoms with van der Waals surface area (Å²) in [6, 6.07) is 3.68. The standard InChI is InChI=1S/C11H12N4O/c1-3-10(16)15-8(2)13-11(14-15)9-5-4-6-12-7-9/h4-7H,3H2,1-2H3. The van der Waals surface area contributed by atoms with Gasteiger partial charge in [0.1, 0.15) is 5.82 Å². The summed E-state index contributed by atoms with van der Waals surface area (Å²) in [6.07, 6.45) is 3.77. The molecule has 82 valence electrons. The molecule has 0 fully saturated rings. The zero-order chi connectivity index (χ0) is 11.5. The van der Waals surface area contributed by atoms with E-state index in [0.717, 1.165) is 5.56 Å². The van der Waals surface area contributed by atoms with Gasteiger partial charge in [-0.2, -0.15) is 4.68 Å². The van der Waals surface area contributed by atoms with Gasteiger partial charge in [0.15, 0.2) is 5.82 Å². The number of aryl methyl sites for hydroxylation is 1. The lowest BCUT2D eigenvalue weighted by molar-refractivity contribution is 0.0890. The molecule has 0 bridgehead atoms. The zero-order valence-electron chi connectivity index (χ0n) is 9.21. The smallest absolute Gasteiger partial charge is 0.248 e. The third kappa shape index (κ3) is 1.84. The molecule has 2 aromatic rings. The highest BCUT2D eigenvalue weighted by Gasteiger charge is 2.12. The third-order valence-corrected chi connectivity index (χ3v) is 2.23. The van der Waals surface area contributed by atoms with Crippen LogP contribution < -0.4 is 0 Å². The molecule has 0 aliphatic heterocycles. The van der Waals surface area contributed by atoms with Gasteiger partial charge in [-0.3, -0.25) is 9.78 Å². The van der Waals surface area contributed by atoms with Crippen molar-refractivity contribution in [2.75, 3.05) is 0 Å². The average Bonchev–Trinajstić information content (AvgIpc) is 2.71. The first-order valence-electron chi connectivity index (χ1n) is 5.09. The zero-order valence-corrected chi connectivity index (χ0v) is 9.21. The van der Waals surface area contributed by atoms with Crippen molar-refractivity contribution in [3.05, 3.63) is 30.4 Å². The minimum atomic E-state index is -0.0554. The fourth-order valence-corrected chi connectivity index (χ4v) is 1.39. The quantitative estimate of drug-likeness (QED) is 0.766. The summed E-state index contributed by atoms with van der Waals surface area (Å²) in [4.78, 5) is 19.8. The Morgan fingerprint density at radius 2 is 2.31 bits per heavy atom. The second-order valence-electron chi connectivity index (χ2n) is 3.38. The molecule has 0 aromatic carbocycles. The van der Waals surface area contributed by atoms with E-state index < -0.39 is 0 Å². The minimum Gasteiger partial charge on any atom is -0.273 e. The largest absolute Gasteiger partial charge is 0.273 e. The maximum absolute atomic E-state index is 11.5. The lowest BCUT2D eigenvalue weighted by Gasteiger charge is -1.96. The highest BCUT2D eigenvalue weighted by molar-refractivity contribution is 5.78. The number of hydrogen-bond acceptors (Lipinski definition) is 4. The molecular weight excluding hydrogens is 204 g/mol. The van der Waals surface area contributed by atoms with Crippen LogP contribution in [0, 0.1) is 6.92 Å². The molecule has 0 radical (unpaired) electrons. The van der Waals surface area contributed by atoms with Gasteiger partial charge in [0.2, 0.25) is 5.91 Å². The summed E-state index contributed by atoms with van der Waals surface area (Å²) in [5.41, 5.74) is 0.813. The molecule has 0 aliphatic rings.